The topological polar surface area (TPSA) is 109 Å². The number of benzene rings is 3. The molecule has 9 heteroatoms. The fraction of sp³-hybridized carbons (Fsp3) is 0.172. The molecular formula is C29H28ClN5O3. The van der Waals surface area contributed by atoms with Crippen LogP contribution < -0.4 is 20.9 Å². The van der Waals surface area contributed by atoms with Gasteiger partial charge < -0.3 is 30.9 Å². The lowest BCUT2D eigenvalue weighted by Gasteiger charge is -2.31. The molecule has 38 heavy (non-hydrogen) atoms. The third kappa shape index (κ3) is 6.16. The SMILES string of the molecule is O=C(Nc1ccc(Nc2ccc(NC(=O)c3cc[nH]c3)cc2Cl)cc1)c1ccc(N2CCC(O)CC2)cc1. The van der Waals surface area contributed by atoms with Crippen molar-refractivity contribution in [3.05, 3.63) is 101 Å². The molecule has 5 rings (SSSR count). The van der Waals surface area contributed by atoms with Gasteiger partial charge in [0.1, 0.15) is 0 Å². The van der Waals surface area contributed by atoms with E-state index in [1.807, 2.05) is 48.5 Å². The van der Waals surface area contributed by atoms with Crippen molar-refractivity contribution in [3.63, 3.8) is 0 Å². The molecule has 0 aliphatic carbocycles. The highest BCUT2D eigenvalue weighted by Gasteiger charge is 2.17. The summed E-state index contributed by atoms with van der Waals surface area (Å²) in [7, 11) is 0. The third-order valence-electron chi connectivity index (χ3n) is 6.47. The van der Waals surface area contributed by atoms with Gasteiger partial charge in [-0.25, -0.2) is 0 Å². The van der Waals surface area contributed by atoms with Gasteiger partial charge in [-0.2, -0.15) is 0 Å². The van der Waals surface area contributed by atoms with E-state index >= 15 is 0 Å². The van der Waals surface area contributed by atoms with Crippen molar-refractivity contribution in [1.29, 1.82) is 0 Å². The number of aliphatic hydroxyl groups excluding tert-OH is 1. The van der Waals surface area contributed by atoms with E-state index < -0.39 is 0 Å². The van der Waals surface area contributed by atoms with Crippen LogP contribution in [0.5, 0.6) is 0 Å². The van der Waals surface area contributed by atoms with E-state index in [4.69, 9.17) is 11.6 Å². The molecule has 1 fully saturated rings. The van der Waals surface area contributed by atoms with Crippen molar-refractivity contribution in [1.82, 2.24) is 4.98 Å². The van der Waals surface area contributed by atoms with E-state index in [-0.39, 0.29) is 17.9 Å². The standard InChI is InChI=1S/C29H28ClN5O3/c30-26-17-23(34-29(38)20-11-14-31-18-20)7-10-27(26)32-21-3-5-22(6-4-21)33-28(37)19-1-8-24(9-2-19)35-15-12-25(36)13-16-35/h1-11,14,17-18,25,31-32,36H,12-13,15-16H2,(H,33,37)(H,34,38). The highest BCUT2D eigenvalue weighted by atomic mass is 35.5. The molecule has 2 heterocycles. The average Bonchev–Trinajstić information content (AvgIpc) is 3.47. The molecule has 5 N–H and O–H groups in total. The number of nitrogens with one attached hydrogen (secondary N) is 4. The number of H-pyrrole nitrogens is 1. The second kappa shape index (κ2) is 11.4. The minimum atomic E-state index is -0.223. The van der Waals surface area contributed by atoms with Gasteiger partial charge in [0, 0.05) is 53.8 Å². The highest BCUT2D eigenvalue weighted by Crippen LogP contribution is 2.29. The highest BCUT2D eigenvalue weighted by molar-refractivity contribution is 6.33. The Bertz CT molecular complexity index is 1400. The Labute approximate surface area is 225 Å². The zero-order valence-electron chi connectivity index (χ0n) is 20.6. The number of hydrogen-bond acceptors (Lipinski definition) is 5. The maximum absolute atomic E-state index is 12.7. The van der Waals surface area contributed by atoms with Crippen LogP contribution in [0.25, 0.3) is 0 Å². The molecule has 1 aliphatic heterocycles. The Morgan fingerprint density at radius 1 is 0.816 bits per heavy atom. The first-order chi connectivity index (χ1) is 18.4. The molecule has 0 bridgehead atoms. The normalized spacial score (nSPS) is 13.7. The first kappa shape index (κ1) is 25.4. The summed E-state index contributed by atoms with van der Waals surface area (Å²) in [6, 6.07) is 21.8. The van der Waals surface area contributed by atoms with Gasteiger partial charge in [0.05, 0.1) is 22.4 Å². The molecule has 0 spiro atoms. The Morgan fingerprint density at radius 3 is 2.11 bits per heavy atom. The maximum atomic E-state index is 12.7. The molecule has 0 unspecified atom stereocenters. The summed E-state index contributed by atoms with van der Waals surface area (Å²) in [5, 5.41) is 19.1. The van der Waals surface area contributed by atoms with Crippen molar-refractivity contribution in [2.45, 2.75) is 18.9 Å². The number of anilines is 5. The van der Waals surface area contributed by atoms with Gasteiger partial charge in [0.25, 0.3) is 11.8 Å². The predicted octanol–water partition coefficient (Wildman–Crippen LogP) is 5.88. The fourth-order valence-electron chi connectivity index (χ4n) is 4.31. The summed E-state index contributed by atoms with van der Waals surface area (Å²) in [5.41, 5.74) is 4.90. The van der Waals surface area contributed by atoms with Crippen LogP contribution in [0.4, 0.5) is 28.4 Å². The molecular weight excluding hydrogens is 502 g/mol. The van der Waals surface area contributed by atoms with Crippen LogP contribution >= 0.6 is 11.6 Å². The zero-order chi connectivity index (χ0) is 26.5. The first-order valence-corrected chi connectivity index (χ1v) is 12.8. The molecule has 2 amide bonds. The van der Waals surface area contributed by atoms with Gasteiger partial charge in [-0.1, -0.05) is 11.6 Å². The van der Waals surface area contributed by atoms with E-state index in [1.165, 1.54) is 0 Å². The second-order valence-electron chi connectivity index (χ2n) is 9.17. The molecule has 0 radical (unpaired) electrons. The van der Waals surface area contributed by atoms with E-state index in [0.29, 0.717) is 33.2 Å². The number of aromatic amines is 1. The van der Waals surface area contributed by atoms with Gasteiger partial charge in [-0.05, 0) is 85.6 Å². The fourth-order valence-corrected chi connectivity index (χ4v) is 4.53. The Hall–Kier alpha value is -4.27. The molecule has 1 aliphatic rings. The molecule has 1 aromatic heterocycles. The number of piperidine rings is 1. The lowest BCUT2D eigenvalue weighted by molar-refractivity contribution is 0.101. The average molecular weight is 530 g/mol. The van der Waals surface area contributed by atoms with Crippen LogP contribution in [0.2, 0.25) is 5.02 Å². The summed E-state index contributed by atoms with van der Waals surface area (Å²) >= 11 is 6.43. The molecule has 3 aromatic carbocycles. The van der Waals surface area contributed by atoms with Crippen molar-refractivity contribution in [2.75, 3.05) is 33.9 Å². The number of aromatic nitrogens is 1. The predicted molar refractivity (Wildman–Crippen MR) is 152 cm³/mol. The van der Waals surface area contributed by atoms with Crippen molar-refractivity contribution >= 4 is 51.9 Å². The summed E-state index contributed by atoms with van der Waals surface area (Å²) in [4.78, 5) is 30.0. The molecule has 194 valence electrons. The number of rotatable bonds is 7. The molecule has 1 saturated heterocycles. The first-order valence-electron chi connectivity index (χ1n) is 12.4. The van der Waals surface area contributed by atoms with Crippen molar-refractivity contribution < 1.29 is 14.7 Å². The molecule has 4 aromatic rings. The Morgan fingerprint density at radius 2 is 1.45 bits per heavy atom. The summed E-state index contributed by atoms with van der Waals surface area (Å²) in [6.07, 6.45) is 4.62. The van der Waals surface area contributed by atoms with Crippen LogP contribution in [0.3, 0.4) is 0 Å². The summed E-state index contributed by atoms with van der Waals surface area (Å²) in [6.45, 7) is 1.63. The third-order valence-corrected chi connectivity index (χ3v) is 6.78. The van der Waals surface area contributed by atoms with Gasteiger partial charge in [-0.3, -0.25) is 9.59 Å². The minimum Gasteiger partial charge on any atom is -0.393 e. The Balaban J connectivity index is 1.16. The molecule has 0 saturated carbocycles. The monoisotopic (exact) mass is 529 g/mol. The van der Waals surface area contributed by atoms with Gasteiger partial charge in [0.2, 0.25) is 0 Å². The van der Waals surface area contributed by atoms with E-state index in [2.05, 4.69) is 25.8 Å². The number of halogens is 1. The quantitative estimate of drug-likeness (QED) is 0.205. The lowest BCUT2D eigenvalue weighted by atomic mass is 10.1. The maximum Gasteiger partial charge on any atom is 0.257 e. The zero-order valence-corrected chi connectivity index (χ0v) is 21.3. The number of hydrogen-bond donors (Lipinski definition) is 5. The van der Waals surface area contributed by atoms with Gasteiger partial charge in [0.15, 0.2) is 0 Å². The van der Waals surface area contributed by atoms with Crippen molar-refractivity contribution in [2.24, 2.45) is 0 Å². The molecule has 0 atom stereocenters. The van der Waals surface area contributed by atoms with Crippen LogP contribution in [-0.2, 0) is 0 Å². The number of carbonyl (C=O) groups excluding carboxylic acids is 2. The van der Waals surface area contributed by atoms with E-state index in [0.717, 1.165) is 37.3 Å². The second-order valence-corrected chi connectivity index (χ2v) is 9.58. The van der Waals surface area contributed by atoms with E-state index in [9.17, 15) is 14.7 Å². The molecule has 8 nitrogen and oxygen atoms in total. The smallest absolute Gasteiger partial charge is 0.257 e. The largest absolute Gasteiger partial charge is 0.393 e. The van der Waals surface area contributed by atoms with Crippen LogP contribution in [0.1, 0.15) is 33.6 Å². The van der Waals surface area contributed by atoms with Crippen LogP contribution in [0, 0.1) is 0 Å². The number of aliphatic hydroxyl groups is 1. The van der Waals surface area contributed by atoms with Gasteiger partial charge >= 0.3 is 0 Å². The number of carbonyl (C=O) groups is 2. The minimum absolute atomic E-state index is 0.188. The van der Waals surface area contributed by atoms with Crippen LogP contribution in [-0.4, -0.2) is 41.1 Å². The van der Waals surface area contributed by atoms with E-state index in [1.54, 1.807) is 36.7 Å². The summed E-state index contributed by atoms with van der Waals surface area (Å²) in [5.74, 6) is -0.411. The number of amides is 2. The summed E-state index contributed by atoms with van der Waals surface area (Å²) < 4.78 is 0. The van der Waals surface area contributed by atoms with Crippen LogP contribution in [0.15, 0.2) is 85.2 Å². The Kier molecular flexibility index (Phi) is 7.62. The van der Waals surface area contributed by atoms with Crippen molar-refractivity contribution in [3.8, 4) is 0 Å². The number of nitrogens with zero attached hydrogens (tertiary/aromatic N) is 1. The van der Waals surface area contributed by atoms with Gasteiger partial charge in [-0.15, -0.1) is 0 Å². The lowest BCUT2D eigenvalue weighted by Crippen LogP contribution is -2.35.